The van der Waals surface area contributed by atoms with Crippen molar-refractivity contribution in [3.63, 3.8) is 0 Å². The molecule has 1 saturated carbocycles. The number of carbonyl (C=O) groups excluding carboxylic acids is 1. The van der Waals surface area contributed by atoms with Gasteiger partial charge >= 0.3 is 0 Å². The van der Waals surface area contributed by atoms with Gasteiger partial charge in [-0.15, -0.1) is 0 Å². The fraction of sp³-hybridized carbons (Fsp3) is 0.500. The van der Waals surface area contributed by atoms with E-state index in [1.54, 1.807) is 25.4 Å². The number of aliphatic hydroxyl groups excluding tert-OH is 1. The van der Waals surface area contributed by atoms with Gasteiger partial charge < -0.3 is 19.7 Å². The Bertz CT molecular complexity index is 707. The highest BCUT2D eigenvalue weighted by atomic mass is 16.5. The quantitative estimate of drug-likeness (QED) is 0.799. The molecule has 0 saturated heterocycles. The Hall–Kier alpha value is -2.41. The summed E-state index contributed by atoms with van der Waals surface area (Å²) in [7, 11) is 1.56. The number of nitrogens with one attached hydrogen (secondary N) is 1. The van der Waals surface area contributed by atoms with Crippen molar-refractivity contribution in [2.45, 2.75) is 44.8 Å². The number of pyridine rings is 1. The van der Waals surface area contributed by atoms with Crippen LogP contribution in [-0.2, 0) is 6.42 Å². The molecule has 1 fully saturated rings. The number of nitrogens with zero attached hydrogens (tertiary/aromatic N) is 2. The molecule has 0 unspecified atom stereocenters. The van der Waals surface area contributed by atoms with E-state index in [2.05, 4.69) is 15.5 Å². The smallest absolute Gasteiger partial charge is 0.273 e. The second kappa shape index (κ2) is 7.65. The van der Waals surface area contributed by atoms with Crippen LogP contribution in [0.15, 0.2) is 28.9 Å². The molecule has 2 heterocycles. The molecule has 2 N–H and O–H groups in total. The van der Waals surface area contributed by atoms with E-state index in [4.69, 9.17) is 9.26 Å². The summed E-state index contributed by atoms with van der Waals surface area (Å²) >= 11 is 0. The van der Waals surface area contributed by atoms with Gasteiger partial charge in [0.25, 0.3) is 5.91 Å². The summed E-state index contributed by atoms with van der Waals surface area (Å²) in [5.74, 6) is 1.10. The van der Waals surface area contributed by atoms with Gasteiger partial charge in [-0.3, -0.25) is 4.79 Å². The van der Waals surface area contributed by atoms with Crippen molar-refractivity contribution in [3.8, 4) is 5.88 Å². The number of aryl methyl sites for hydroxylation is 1. The molecule has 25 heavy (non-hydrogen) atoms. The third-order valence-electron chi connectivity index (χ3n) is 4.52. The lowest BCUT2D eigenvalue weighted by Gasteiger charge is -2.38. The maximum atomic E-state index is 12.6. The molecule has 2 aromatic heterocycles. The van der Waals surface area contributed by atoms with Crippen molar-refractivity contribution in [1.82, 2.24) is 15.5 Å². The first-order valence-electron chi connectivity index (χ1n) is 8.55. The number of aliphatic hydroxyl groups is 1. The molecule has 1 amide bonds. The summed E-state index contributed by atoms with van der Waals surface area (Å²) < 4.78 is 10.3. The molecule has 134 valence electrons. The fourth-order valence-electron chi connectivity index (χ4n) is 3.07. The lowest BCUT2D eigenvalue weighted by atomic mass is 9.75. The van der Waals surface area contributed by atoms with Crippen molar-refractivity contribution in [2.24, 2.45) is 5.92 Å². The second-order valence-electron chi connectivity index (χ2n) is 6.40. The Morgan fingerprint density at radius 2 is 2.28 bits per heavy atom. The average molecular weight is 345 g/mol. The summed E-state index contributed by atoms with van der Waals surface area (Å²) in [6.07, 6.45) is 4.36. The Balaban J connectivity index is 1.75. The van der Waals surface area contributed by atoms with Gasteiger partial charge in [-0.05, 0) is 30.7 Å². The Labute approximate surface area is 146 Å². The summed E-state index contributed by atoms with van der Waals surface area (Å²) in [6, 6.07) is 5.09. The molecule has 0 radical (unpaired) electrons. The number of rotatable bonds is 7. The van der Waals surface area contributed by atoms with E-state index >= 15 is 0 Å². The Morgan fingerprint density at radius 1 is 1.48 bits per heavy atom. The normalized spacial score (nSPS) is 20.6. The van der Waals surface area contributed by atoms with Crippen LogP contribution in [0.1, 0.15) is 54.0 Å². The molecule has 1 atom stereocenters. The van der Waals surface area contributed by atoms with Crippen molar-refractivity contribution >= 4 is 5.91 Å². The number of carbonyl (C=O) groups is 1. The number of ether oxygens (including phenoxy) is 1. The predicted octanol–water partition coefficient (Wildman–Crippen LogP) is 2.27. The topological polar surface area (TPSA) is 97.5 Å². The largest absolute Gasteiger partial charge is 0.481 e. The van der Waals surface area contributed by atoms with E-state index in [1.807, 2.05) is 13.0 Å². The number of amides is 1. The lowest BCUT2D eigenvalue weighted by Crippen LogP contribution is -2.41. The first-order chi connectivity index (χ1) is 12.1. The summed E-state index contributed by atoms with van der Waals surface area (Å²) in [5.41, 5.74) is 1.15. The molecule has 7 heteroatoms. The maximum Gasteiger partial charge on any atom is 0.273 e. The van der Waals surface area contributed by atoms with Gasteiger partial charge in [0.15, 0.2) is 5.69 Å². The standard InChI is InChI=1S/C18H23N3O4/c1-3-4-14-9-15(21-25-14)18(23)20-17(12-7-13(22)8-12)11-5-6-16(24-2)19-10-11/h5-6,9-10,12-13,17,22H,3-4,7-8H2,1-2H3,(H,20,23)/t12?,13?,17-/m1/s1. The maximum absolute atomic E-state index is 12.6. The van der Waals surface area contributed by atoms with Gasteiger partial charge in [0.2, 0.25) is 5.88 Å². The van der Waals surface area contributed by atoms with Crippen LogP contribution in [0.3, 0.4) is 0 Å². The fourth-order valence-corrected chi connectivity index (χ4v) is 3.07. The average Bonchev–Trinajstić information content (AvgIpc) is 3.06. The first-order valence-corrected chi connectivity index (χ1v) is 8.55. The summed E-state index contributed by atoms with van der Waals surface area (Å²) in [4.78, 5) is 16.8. The Morgan fingerprint density at radius 3 is 2.88 bits per heavy atom. The molecule has 3 rings (SSSR count). The molecular formula is C18H23N3O4. The van der Waals surface area contributed by atoms with Gasteiger partial charge in [-0.2, -0.15) is 0 Å². The summed E-state index contributed by atoms with van der Waals surface area (Å²) in [6.45, 7) is 2.04. The zero-order chi connectivity index (χ0) is 17.8. The highest BCUT2D eigenvalue weighted by Crippen LogP contribution is 2.38. The molecule has 1 aliphatic carbocycles. The van der Waals surface area contributed by atoms with Crippen LogP contribution in [0.5, 0.6) is 5.88 Å². The van der Waals surface area contributed by atoms with Crippen LogP contribution in [0.25, 0.3) is 0 Å². The minimum absolute atomic E-state index is 0.163. The minimum atomic E-state index is -0.307. The first kappa shape index (κ1) is 17.4. The van der Waals surface area contributed by atoms with Gasteiger partial charge in [-0.25, -0.2) is 4.98 Å². The van der Waals surface area contributed by atoms with Crippen molar-refractivity contribution < 1.29 is 19.2 Å². The van der Waals surface area contributed by atoms with E-state index < -0.39 is 0 Å². The summed E-state index contributed by atoms with van der Waals surface area (Å²) in [5, 5.41) is 16.5. The van der Waals surface area contributed by atoms with E-state index in [1.165, 1.54) is 0 Å². The van der Waals surface area contributed by atoms with Crippen molar-refractivity contribution in [2.75, 3.05) is 7.11 Å². The molecule has 0 spiro atoms. The Kier molecular flexibility index (Phi) is 5.33. The predicted molar refractivity (Wildman–Crippen MR) is 90.2 cm³/mol. The third kappa shape index (κ3) is 3.99. The van der Waals surface area contributed by atoms with Crippen LogP contribution in [0.2, 0.25) is 0 Å². The molecule has 0 bridgehead atoms. The van der Waals surface area contributed by atoms with Gasteiger partial charge in [0, 0.05) is 24.8 Å². The highest BCUT2D eigenvalue weighted by Gasteiger charge is 2.36. The zero-order valence-corrected chi connectivity index (χ0v) is 14.4. The lowest BCUT2D eigenvalue weighted by molar-refractivity contribution is 0.0233. The molecule has 1 aliphatic rings. The van der Waals surface area contributed by atoms with Gasteiger partial charge in [0.1, 0.15) is 5.76 Å². The number of methoxy groups -OCH3 is 1. The number of hydrogen-bond acceptors (Lipinski definition) is 6. The highest BCUT2D eigenvalue weighted by molar-refractivity contribution is 5.92. The molecule has 0 aliphatic heterocycles. The number of hydrogen-bond donors (Lipinski definition) is 2. The van der Waals surface area contributed by atoms with Crippen LogP contribution in [0.4, 0.5) is 0 Å². The SMILES string of the molecule is CCCc1cc(C(=O)N[C@H](c2ccc(OC)nc2)C2CC(O)C2)no1. The van der Waals surface area contributed by atoms with Crippen molar-refractivity contribution in [3.05, 3.63) is 41.4 Å². The third-order valence-corrected chi connectivity index (χ3v) is 4.52. The van der Waals surface area contributed by atoms with E-state index in [0.717, 1.165) is 18.4 Å². The van der Waals surface area contributed by atoms with Crippen LogP contribution < -0.4 is 10.1 Å². The van der Waals surface area contributed by atoms with Gasteiger partial charge in [-0.1, -0.05) is 18.1 Å². The van der Waals surface area contributed by atoms with Crippen LogP contribution in [0, 0.1) is 5.92 Å². The van der Waals surface area contributed by atoms with Crippen molar-refractivity contribution in [1.29, 1.82) is 0 Å². The van der Waals surface area contributed by atoms with Gasteiger partial charge in [0.05, 0.1) is 19.3 Å². The van der Waals surface area contributed by atoms with Crippen LogP contribution in [-0.4, -0.2) is 34.4 Å². The second-order valence-corrected chi connectivity index (χ2v) is 6.40. The monoisotopic (exact) mass is 345 g/mol. The number of aromatic nitrogens is 2. The van der Waals surface area contributed by atoms with Crippen LogP contribution >= 0.6 is 0 Å². The molecule has 7 nitrogen and oxygen atoms in total. The minimum Gasteiger partial charge on any atom is -0.481 e. The molecular weight excluding hydrogens is 322 g/mol. The van der Waals surface area contributed by atoms with E-state index in [9.17, 15) is 9.90 Å². The molecule has 2 aromatic rings. The molecule has 0 aromatic carbocycles. The van der Waals surface area contributed by atoms with E-state index in [0.29, 0.717) is 24.5 Å². The van der Waals surface area contributed by atoms with E-state index in [-0.39, 0.29) is 29.7 Å². The zero-order valence-electron chi connectivity index (χ0n) is 14.4.